The Morgan fingerprint density at radius 3 is 2.44 bits per heavy atom. The average Bonchev–Trinajstić information content (AvgIpc) is 2.64. The van der Waals surface area contributed by atoms with Crippen LogP contribution in [0.2, 0.25) is 0 Å². The summed E-state index contributed by atoms with van der Waals surface area (Å²) in [5, 5.41) is 2.92. The topological polar surface area (TPSA) is 56.8 Å². The molecule has 2 aromatic carbocycles. The summed E-state index contributed by atoms with van der Waals surface area (Å²) in [5.74, 6) is 1.50. The maximum absolute atomic E-state index is 12.2. The van der Waals surface area contributed by atoms with E-state index in [0.29, 0.717) is 19.6 Å². The van der Waals surface area contributed by atoms with Crippen LogP contribution < -0.4 is 14.8 Å². The molecule has 5 heteroatoms. The van der Waals surface area contributed by atoms with E-state index in [0.717, 1.165) is 22.6 Å². The summed E-state index contributed by atoms with van der Waals surface area (Å²) in [7, 11) is 3.24. The van der Waals surface area contributed by atoms with Crippen LogP contribution >= 0.6 is 0 Å². The number of benzene rings is 2. The fraction of sp³-hybridized carbons (Fsp3) is 0.350. The van der Waals surface area contributed by atoms with Crippen LogP contribution in [0.4, 0.5) is 0 Å². The van der Waals surface area contributed by atoms with Crippen molar-refractivity contribution in [2.45, 2.75) is 19.4 Å². The van der Waals surface area contributed by atoms with Gasteiger partial charge in [-0.15, -0.1) is 0 Å². The van der Waals surface area contributed by atoms with Gasteiger partial charge in [-0.1, -0.05) is 30.3 Å². The van der Waals surface area contributed by atoms with E-state index in [2.05, 4.69) is 5.32 Å². The third-order valence-electron chi connectivity index (χ3n) is 3.85. The fourth-order valence-electron chi connectivity index (χ4n) is 2.58. The summed E-state index contributed by atoms with van der Waals surface area (Å²) in [6, 6.07) is 15.2. The summed E-state index contributed by atoms with van der Waals surface area (Å²) < 4.78 is 16.3. The molecule has 0 heterocycles. The molecule has 0 radical (unpaired) electrons. The molecule has 1 unspecified atom stereocenters. The molecule has 5 nitrogen and oxygen atoms in total. The lowest BCUT2D eigenvalue weighted by Gasteiger charge is -2.19. The van der Waals surface area contributed by atoms with Gasteiger partial charge in [0.2, 0.25) is 5.91 Å². The Labute approximate surface area is 148 Å². The van der Waals surface area contributed by atoms with Crippen molar-refractivity contribution in [2.24, 2.45) is 0 Å². The Bertz CT molecular complexity index is 670. The van der Waals surface area contributed by atoms with Gasteiger partial charge < -0.3 is 19.5 Å². The lowest BCUT2D eigenvalue weighted by Crippen LogP contribution is -2.30. The zero-order valence-corrected chi connectivity index (χ0v) is 15.0. The quantitative estimate of drug-likeness (QED) is 0.760. The number of carbonyl (C=O) groups is 1. The Morgan fingerprint density at radius 2 is 1.80 bits per heavy atom. The molecule has 0 saturated heterocycles. The number of rotatable bonds is 9. The van der Waals surface area contributed by atoms with Crippen molar-refractivity contribution < 1.29 is 19.0 Å². The highest BCUT2D eigenvalue weighted by Crippen LogP contribution is 2.26. The molecular formula is C20H25NO4. The van der Waals surface area contributed by atoms with E-state index in [1.54, 1.807) is 14.2 Å². The highest BCUT2D eigenvalue weighted by atomic mass is 16.5. The van der Waals surface area contributed by atoms with E-state index in [1.165, 1.54) is 0 Å². The average molecular weight is 343 g/mol. The van der Waals surface area contributed by atoms with E-state index in [4.69, 9.17) is 14.2 Å². The zero-order chi connectivity index (χ0) is 18.1. The van der Waals surface area contributed by atoms with E-state index < -0.39 is 0 Å². The number of hydrogen-bond donors (Lipinski definition) is 1. The van der Waals surface area contributed by atoms with Gasteiger partial charge in [-0.3, -0.25) is 4.79 Å². The Hall–Kier alpha value is -2.53. The van der Waals surface area contributed by atoms with Gasteiger partial charge in [0.05, 0.1) is 20.1 Å². The first-order chi connectivity index (χ1) is 12.2. The monoisotopic (exact) mass is 343 g/mol. The standard InChI is InChI=1S/C20H25NO4/c1-4-25-16-11-9-15(10-12-16)13-20(22)21-14-19(24-3)17-7-5-6-8-18(17)23-2/h5-12,19H,4,13-14H2,1-3H3,(H,21,22). The molecule has 1 amide bonds. The highest BCUT2D eigenvalue weighted by Gasteiger charge is 2.16. The minimum absolute atomic E-state index is 0.0545. The smallest absolute Gasteiger partial charge is 0.224 e. The second-order valence-electron chi connectivity index (χ2n) is 5.52. The SMILES string of the molecule is CCOc1ccc(CC(=O)NCC(OC)c2ccccc2OC)cc1. The number of hydrogen-bond acceptors (Lipinski definition) is 4. The summed E-state index contributed by atoms with van der Waals surface area (Å²) in [6.45, 7) is 2.95. The fourth-order valence-corrected chi connectivity index (χ4v) is 2.58. The molecule has 0 aliphatic rings. The van der Waals surface area contributed by atoms with Gasteiger partial charge in [0.25, 0.3) is 0 Å². The molecule has 0 aromatic heterocycles. The summed E-state index contributed by atoms with van der Waals surface area (Å²) >= 11 is 0. The minimum atomic E-state index is -0.263. The van der Waals surface area contributed by atoms with E-state index >= 15 is 0 Å². The predicted molar refractivity (Wildman–Crippen MR) is 97.1 cm³/mol. The van der Waals surface area contributed by atoms with Gasteiger partial charge in [-0.25, -0.2) is 0 Å². The molecule has 25 heavy (non-hydrogen) atoms. The molecule has 1 N–H and O–H groups in total. The lowest BCUT2D eigenvalue weighted by atomic mass is 10.1. The maximum Gasteiger partial charge on any atom is 0.224 e. The number of methoxy groups -OCH3 is 2. The highest BCUT2D eigenvalue weighted by molar-refractivity contribution is 5.78. The molecule has 2 rings (SSSR count). The number of nitrogens with one attached hydrogen (secondary N) is 1. The van der Waals surface area contributed by atoms with Crippen molar-refractivity contribution in [3.63, 3.8) is 0 Å². The first-order valence-corrected chi connectivity index (χ1v) is 8.32. The number of amides is 1. The zero-order valence-electron chi connectivity index (χ0n) is 15.0. The van der Waals surface area contributed by atoms with Crippen molar-refractivity contribution in [1.29, 1.82) is 0 Å². The van der Waals surface area contributed by atoms with Crippen LogP contribution in [0.25, 0.3) is 0 Å². The van der Waals surface area contributed by atoms with Crippen molar-refractivity contribution in [3.05, 3.63) is 59.7 Å². The molecule has 0 saturated carbocycles. The van der Waals surface area contributed by atoms with Crippen LogP contribution in [0.5, 0.6) is 11.5 Å². The summed E-state index contributed by atoms with van der Waals surface area (Å²) in [5.41, 5.74) is 1.85. The third-order valence-corrected chi connectivity index (χ3v) is 3.85. The maximum atomic E-state index is 12.2. The second-order valence-corrected chi connectivity index (χ2v) is 5.52. The number of para-hydroxylation sites is 1. The van der Waals surface area contributed by atoms with Crippen LogP contribution in [-0.4, -0.2) is 33.3 Å². The normalized spacial score (nSPS) is 11.6. The Balaban J connectivity index is 1.91. The van der Waals surface area contributed by atoms with Crippen LogP contribution in [0.15, 0.2) is 48.5 Å². The predicted octanol–water partition coefficient (Wildman–Crippen LogP) is 3.14. The van der Waals surface area contributed by atoms with Gasteiger partial charge in [0.1, 0.15) is 17.6 Å². The summed E-state index contributed by atoms with van der Waals surface area (Å²) in [6.07, 6.45) is 0.0508. The number of carbonyl (C=O) groups excluding carboxylic acids is 1. The van der Waals surface area contributed by atoms with Crippen molar-refractivity contribution in [1.82, 2.24) is 5.32 Å². The molecule has 0 aliphatic carbocycles. The molecule has 0 spiro atoms. The molecular weight excluding hydrogens is 318 g/mol. The Kier molecular flexibility index (Phi) is 7.29. The largest absolute Gasteiger partial charge is 0.496 e. The second kappa shape index (κ2) is 9.69. The van der Waals surface area contributed by atoms with Crippen LogP contribution in [0.1, 0.15) is 24.2 Å². The van der Waals surface area contributed by atoms with Crippen molar-refractivity contribution in [3.8, 4) is 11.5 Å². The van der Waals surface area contributed by atoms with Gasteiger partial charge >= 0.3 is 0 Å². The molecule has 2 aromatic rings. The van der Waals surface area contributed by atoms with Gasteiger partial charge in [-0.2, -0.15) is 0 Å². The molecule has 0 aliphatic heterocycles. The van der Waals surface area contributed by atoms with E-state index in [-0.39, 0.29) is 12.0 Å². The number of ether oxygens (including phenoxy) is 3. The van der Waals surface area contributed by atoms with Crippen LogP contribution in [-0.2, 0) is 16.0 Å². The molecule has 0 fully saturated rings. The van der Waals surface area contributed by atoms with E-state index in [9.17, 15) is 4.79 Å². The van der Waals surface area contributed by atoms with E-state index in [1.807, 2.05) is 55.5 Å². The summed E-state index contributed by atoms with van der Waals surface area (Å²) in [4.78, 5) is 12.2. The lowest BCUT2D eigenvalue weighted by molar-refractivity contribution is -0.121. The first-order valence-electron chi connectivity index (χ1n) is 8.32. The van der Waals surface area contributed by atoms with Crippen LogP contribution in [0, 0.1) is 0 Å². The minimum Gasteiger partial charge on any atom is -0.496 e. The van der Waals surface area contributed by atoms with Gasteiger partial charge in [0, 0.05) is 19.2 Å². The van der Waals surface area contributed by atoms with Crippen LogP contribution in [0.3, 0.4) is 0 Å². The van der Waals surface area contributed by atoms with Gasteiger partial charge in [0.15, 0.2) is 0 Å². The van der Waals surface area contributed by atoms with Crippen molar-refractivity contribution >= 4 is 5.91 Å². The molecule has 1 atom stereocenters. The molecule has 0 bridgehead atoms. The van der Waals surface area contributed by atoms with Gasteiger partial charge in [-0.05, 0) is 30.7 Å². The van der Waals surface area contributed by atoms with Crippen molar-refractivity contribution in [2.75, 3.05) is 27.4 Å². The molecule has 134 valence electrons. The third kappa shape index (κ3) is 5.50. The Morgan fingerprint density at radius 1 is 1.08 bits per heavy atom. The first kappa shape index (κ1) is 18.8.